The number of carboxylic acids is 1. The van der Waals surface area contributed by atoms with Crippen LogP contribution < -0.4 is 11.2 Å². The molecule has 0 aliphatic heterocycles. The van der Waals surface area contributed by atoms with E-state index in [9.17, 15) is 14.4 Å². The summed E-state index contributed by atoms with van der Waals surface area (Å²) in [4.78, 5) is 33.8. The predicted molar refractivity (Wildman–Crippen MR) is 57.3 cm³/mol. The number of carboxylic acid groups (broad SMARTS) is 1. The largest absolute Gasteiger partial charge is 1.00 e. The van der Waals surface area contributed by atoms with Crippen molar-refractivity contribution in [3.63, 3.8) is 0 Å². The summed E-state index contributed by atoms with van der Waals surface area (Å²) in [6.07, 6.45) is 1.29. The Morgan fingerprint density at radius 2 is 2.00 bits per heavy atom. The van der Waals surface area contributed by atoms with Gasteiger partial charge in [0.05, 0.1) is 0 Å². The minimum Gasteiger partial charge on any atom is -0.668 e. The molecular formula is C6H9Cl2N3O4Pt. The Kier molecular flexibility index (Phi) is 13.8. The first-order valence-electron chi connectivity index (χ1n) is 3.44. The van der Waals surface area contributed by atoms with Gasteiger partial charge in [0.1, 0.15) is 0 Å². The average Bonchev–Trinajstić information content (AvgIpc) is 2.19. The number of aromatic amines is 2. The first-order chi connectivity index (χ1) is 7.47. The summed E-state index contributed by atoms with van der Waals surface area (Å²) in [5.41, 5.74) is 5.20. The van der Waals surface area contributed by atoms with Gasteiger partial charge in [0.25, 0.3) is 11.5 Å². The zero-order chi connectivity index (χ0) is 13.0. The van der Waals surface area contributed by atoms with Crippen LogP contribution in [0, 0.1) is 0 Å². The van der Waals surface area contributed by atoms with Crippen molar-refractivity contribution in [2.24, 2.45) is 0 Å². The summed E-state index contributed by atoms with van der Waals surface area (Å²) in [6.45, 7) is -0.528. The number of hydrogen-bond acceptors (Lipinski definition) is 3. The van der Waals surface area contributed by atoms with E-state index in [1.165, 1.54) is 12.3 Å². The number of nitrogens with one attached hydrogen (secondary N) is 3. The van der Waals surface area contributed by atoms with Gasteiger partial charge in [-0.2, -0.15) is 0 Å². The third kappa shape index (κ3) is 15.8. The predicted octanol–water partition coefficient (Wildman–Crippen LogP) is 0.675. The Bertz CT molecular complexity index is 374. The number of aromatic nitrogens is 2. The molecule has 0 bridgehead atoms. The monoisotopic (exact) mass is 452 g/mol. The van der Waals surface area contributed by atoms with Crippen molar-refractivity contribution < 1.29 is 27.8 Å². The van der Waals surface area contributed by atoms with Crippen LogP contribution >= 0.6 is 18.8 Å². The van der Waals surface area contributed by atoms with Crippen LogP contribution in [-0.2, 0) is 21.3 Å². The van der Waals surface area contributed by atoms with Crippen molar-refractivity contribution in [2.45, 2.75) is 0 Å². The summed E-state index contributed by atoms with van der Waals surface area (Å²) < 4.78 is 0. The van der Waals surface area contributed by atoms with Gasteiger partial charge in [0, 0.05) is 12.3 Å². The Hall–Kier alpha value is -0.622. The molecule has 0 aliphatic rings. The summed E-state index contributed by atoms with van der Waals surface area (Å²) in [5.74, 6) is -1.08. The second-order valence-electron chi connectivity index (χ2n) is 1.91. The molecule has 0 fully saturated rings. The van der Waals surface area contributed by atoms with Crippen LogP contribution in [0.25, 0.3) is 5.73 Å². The molecule has 1 aromatic heterocycles. The van der Waals surface area contributed by atoms with E-state index in [-0.39, 0.29) is 6.99 Å². The van der Waals surface area contributed by atoms with Gasteiger partial charge in [-0.25, -0.2) is 4.79 Å². The van der Waals surface area contributed by atoms with E-state index < -0.39 is 34.7 Å². The minimum absolute atomic E-state index is 0. The maximum atomic E-state index is 10.2. The van der Waals surface area contributed by atoms with Crippen LogP contribution in [-0.4, -0.2) is 27.6 Å². The number of aliphatic carboxylic acids is 1. The van der Waals surface area contributed by atoms with Crippen molar-refractivity contribution in [3.8, 4) is 0 Å². The fraction of sp³-hybridized carbons (Fsp3) is 0.167. The van der Waals surface area contributed by atoms with Crippen LogP contribution in [0.2, 0.25) is 0 Å². The van der Waals surface area contributed by atoms with Gasteiger partial charge in [-0.1, -0.05) is 6.54 Å². The van der Waals surface area contributed by atoms with Crippen LogP contribution in [0.5, 0.6) is 0 Å². The summed E-state index contributed by atoms with van der Waals surface area (Å²) in [6, 6.07) is 1.24. The quantitative estimate of drug-likeness (QED) is 0.578. The van der Waals surface area contributed by atoms with Crippen LogP contribution in [0.1, 0.15) is 1.43 Å². The van der Waals surface area contributed by atoms with Gasteiger partial charge in [-0.3, -0.25) is 14.6 Å². The molecule has 1 heterocycles. The average molecular weight is 453 g/mol. The second-order valence-corrected chi connectivity index (χ2v) is 5.19. The second kappa shape index (κ2) is 12.4. The molecule has 1 rings (SSSR count). The molecule has 7 nitrogen and oxygen atoms in total. The van der Waals surface area contributed by atoms with E-state index >= 15 is 0 Å². The van der Waals surface area contributed by atoms with E-state index in [0.717, 1.165) is 0 Å². The Morgan fingerprint density at radius 3 is 2.19 bits per heavy atom. The van der Waals surface area contributed by atoms with Crippen LogP contribution in [0.4, 0.5) is 0 Å². The fourth-order valence-corrected chi connectivity index (χ4v) is 0.383. The SMILES string of the molecule is O=c1cc[nH]c(=O)[nH]1.[Cl][Pt][Cl].[H+].[NH-]CC(=O)O. The number of hydrogen-bond donors (Lipinski definition) is 3. The molecule has 0 spiro atoms. The summed E-state index contributed by atoms with van der Waals surface area (Å²) in [5, 5.41) is 7.53. The van der Waals surface area contributed by atoms with Gasteiger partial charge in [0.2, 0.25) is 0 Å². The number of rotatable bonds is 1. The smallest absolute Gasteiger partial charge is 0.668 e. The topological polar surface area (TPSA) is 127 Å². The molecule has 0 saturated heterocycles. The molecule has 0 atom stereocenters. The van der Waals surface area contributed by atoms with Crippen LogP contribution in [0.15, 0.2) is 21.9 Å². The van der Waals surface area contributed by atoms with Gasteiger partial charge < -0.3 is 15.8 Å². The van der Waals surface area contributed by atoms with E-state index in [0.29, 0.717) is 0 Å². The van der Waals surface area contributed by atoms with Gasteiger partial charge >= 0.3 is 42.4 Å². The molecular weight excluding hydrogens is 444 g/mol. The van der Waals surface area contributed by atoms with Crippen molar-refractivity contribution in [2.75, 3.05) is 6.54 Å². The van der Waals surface area contributed by atoms with E-state index in [1.54, 1.807) is 0 Å². The van der Waals surface area contributed by atoms with Gasteiger partial charge in [0.15, 0.2) is 0 Å². The minimum atomic E-state index is -1.08. The Balaban J connectivity index is -0.000000191. The number of H-pyrrole nitrogens is 2. The molecule has 0 aliphatic carbocycles. The van der Waals surface area contributed by atoms with Crippen molar-refractivity contribution in [3.05, 3.63) is 38.8 Å². The molecule has 10 heteroatoms. The number of carbonyl (C=O) groups is 1. The van der Waals surface area contributed by atoms with E-state index in [4.69, 9.17) is 29.7 Å². The first-order valence-corrected chi connectivity index (χ1v) is 9.07. The first kappa shape index (κ1) is 17.8. The van der Waals surface area contributed by atoms with Crippen molar-refractivity contribution in [1.82, 2.24) is 9.97 Å². The maximum absolute atomic E-state index is 10.2. The summed E-state index contributed by atoms with van der Waals surface area (Å²) in [7, 11) is 9.75. The Labute approximate surface area is 108 Å². The van der Waals surface area contributed by atoms with E-state index in [1.807, 2.05) is 4.98 Å². The molecule has 96 valence electrons. The third-order valence-electron chi connectivity index (χ3n) is 0.837. The van der Waals surface area contributed by atoms with Gasteiger partial charge in [-0.15, -0.1) is 0 Å². The third-order valence-corrected chi connectivity index (χ3v) is 0.837. The zero-order valence-electron chi connectivity index (χ0n) is 8.61. The van der Waals surface area contributed by atoms with Crippen LogP contribution in [0.3, 0.4) is 0 Å². The summed E-state index contributed by atoms with van der Waals surface area (Å²) >= 11 is -0.472. The molecule has 16 heavy (non-hydrogen) atoms. The fourth-order valence-electron chi connectivity index (χ4n) is 0.383. The van der Waals surface area contributed by atoms with E-state index in [2.05, 4.69) is 4.98 Å². The van der Waals surface area contributed by atoms with Gasteiger partial charge in [-0.05, 0) is 0 Å². The normalized spacial score (nSPS) is 8.19. The molecule has 0 amide bonds. The van der Waals surface area contributed by atoms with Crippen molar-refractivity contribution in [1.29, 1.82) is 0 Å². The molecule has 0 unspecified atom stereocenters. The zero-order valence-corrected chi connectivity index (χ0v) is 11.4. The Morgan fingerprint density at radius 1 is 1.56 bits per heavy atom. The number of halogens is 2. The standard InChI is InChI=1S/C4H4N2O2.C2H4NO2.2ClH.Pt/c7-3-1-2-5-4(8)6-3;3-1-2(4)5;;;/h1-2H,(H2,5,6,7,8);3H,1H2,(H,4,5);2*1H;/q;-1;;;+2/p-1. The molecule has 1 aromatic rings. The molecule has 4 N–H and O–H groups in total. The van der Waals surface area contributed by atoms with Crippen molar-refractivity contribution >= 4 is 24.8 Å². The molecule has 0 radical (unpaired) electrons. The molecule has 0 aromatic carbocycles. The maximum Gasteiger partial charge on any atom is 1.00 e. The molecule has 0 saturated carbocycles.